The van der Waals surface area contributed by atoms with Crippen LogP contribution >= 0.6 is 11.6 Å². The van der Waals surface area contributed by atoms with Gasteiger partial charge in [-0.15, -0.1) is 0 Å². The first-order valence-corrected chi connectivity index (χ1v) is 11.8. The smallest absolute Gasteiger partial charge is 0.416 e. The van der Waals surface area contributed by atoms with E-state index in [4.69, 9.17) is 16.7 Å². The topological polar surface area (TPSA) is 77.9 Å². The minimum Gasteiger partial charge on any atom is -0.478 e. The van der Waals surface area contributed by atoms with Gasteiger partial charge in [-0.05, 0) is 68.4 Å². The van der Waals surface area contributed by atoms with Crippen molar-refractivity contribution < 1.29 is 31.5 Å². The number of piperidine rings is 1. The van der Waals surface area contributed by atoms with Crippen LogP contribution in [-0.4, -0.2) is 50.6 Å². The molecule has 0 radical (unpaired) electrons. The Morgan fingerprint density at radius 1 is 1.06 bits per heavy atom. The van der Waals surface area contributed by atoms with Crippen LogP contribution < -0.4 is 4.31 Å². The lowest BCUT2D eigenvalue weighted by Gasteiger charge is -2.31. The molecule has 11 heteroatoms. The van der Waals surface area contributed by atoms with Crippen LogP contribution in [0.4, 0.5) is 18.9 Å². The Bertz CT molecular complexity index is 1070. The average Bonchev–Trinajstić information content (AvgIpc) is 2.74. The molecule has 3 rings (SSSR count). The molecule has 174 valence electrons. The highest BCUT2D eigenvalue weighted by Crippen LogP contribution is 2.37. The summed E-state index contributed by atoms with van der Waals surface area (Å²) in [5.41, 5.74) is -1.14. The van der Waals surface area contributed by atoms with Gasteiger partial charge < -0.3 is 10.0 Å². The van der Waals surface area contributed by atoms with Gasteiger partial charge in [-0.2, -0.15) is 13.2 Å². The van der Waals surface area contributed by atoms with E-state index in [9.17, 15) is 26.4 Å². The fourth-order valence-electron chi connectivity index (χ4n) is 3.57. The Labute approximate surface area is 189 Å². The SMILES string of the molecule is O=C(O)c1ccc(S(=O)(=O)N(CCN2CCCCC2)c2ccc(C(F)(F)F)cc2Cl)cc1. The van der Waals surface area contributed by atoms with Crippen molar-refractivity contribution >= 4 is 33.3 Å². The zero-order valence-corrected chi connectivity index (χ0v) is 18.6. The summed E-state index contributed by atoms with van der Waals surface area (Å²) in [4.78, 5) is 13.0. The highest BCUT2D eigenvalue weighted by atomic mass is 35.5. The van der Waals surface area contributed by atoms with E-state index in [-0.39, 0.29) is 27.7 Å². The quantitative estimate of drug-likeness (QED) is 0.606. The first-order valence-electron chi connectivity index (χ1n) is 9.95. The number of carbonyl (C=O) groups is 1. The molecular weight excluding hydrogens is 469 g/mol. The minimum atomic E-state index is -4.62. The fourth-order valence-corrected chi connectivity index (χ4v) is 5.37. The van der Waals surface area contributed by atoms with Crippen LogP contribution in [0.5, 0.6) is 0 Å². The zero-order valence-electron chi connectivity index (χ0n) is 17.0. The van der Waals surface area contributed by atoms with Crippen LogP contribution in [0.2, 0.25) is 5.02 Å². The van der Waals surface area contributed by atoms with Crippen LogP contribution in [-0.2, 0) is 16.2 Å². The summed E-state index contributed by atoms with van der Waals surface area (Å²) >= 11 is 6.11. The van der Waals surface area contributed by atoms with E-state index in [1.807, 2.05) is 0 Å². The first-order chi connectivity index (χ1) is 15.0. The number of sulfonamides is 1. The van der Waals surface area contributed by atoms with Crippen molar-refractivity contribution in [1.82, 2.24) is 4.90 Å². The summed E-state index contributed by atoms with van der Waals surface area (Å²) in [6.07, 6.45) is -1.54. The molecule has 0 aliphatic carbocycles. The summed E-state index contributed by atoms with van der Waals surface area (Å²) in [6.45, 7) is 1.97. The van der Waals surface area contributed by atoms with E-state index < -0.39 is 27.7 Å². The van der Waals surface area contributed by atoms with Gasteiger partial charge in [0.2, 0.25) is 0 Å². The number of nitrogens with zero attached hydrogens (tertiary/aromatic N) is 2. The summed E-state index contributed by atoms with van der Waals surface area (Å²) in [6, 6.07) is 7.17. The lowest BCUT2D eigenvalue weighted by molar-refractivity contribution is -0.137. The van der Waals surface area contributed by atoms with Crippen LogP contribution in [0.3, 0.4) is 0 Å². The first kappa shape index (κ1) is 24.3. The van der Waals surface area contributed by atoms with Crippen molar-refractivity contribution in [3.63, 3.8) is 0 Å². The van der Waals surface area contributed by atoms with E-state index in [0.717, 1.165) is 73.1 Å². The highest BCUT2D eigenvalue weighted by molar-refractivity contribution is 7.92. The van der Waals surface area contributed by atoms with Crippen molar-refractivity contribution in [2.75, 3.05) is 30.5 Å². The van der Waals surface area contributed by atoms with Gasteiger partial charge in [0.25, 0.3) is 10.0 Å². The van der Waals surface area contributed by atoms with Gasteiger partial charge in [-0.1, -0.05) is 18.0 Å². The molecule has 1 N–H and O–H groups in total. The second kappa shape index (κ2) is 9.68. The van der Waals surface area contributed by atoms with Crippen LogP contribution in [0.25, 0.3) is 0 Å². The molecule has 0 bridgehead atoms. The van der Waals surface area contributed by atoms with Crippen LogP contribution in [0.15, 0.2) is 47.4 Å². The number of hydrogen-bond acceptors (Lipinski definition) is 4. The fraction of sp³-hybridized carbons (Fsp3) is 0.381. The number of benzene rings is 2. The Morgan fingerprint density at radius 3 is 2.22 bits per heavy atom. The molecule has 0 atom stereocenters. The maximum absolute atomic E-state index is 13.4. The monoisotopic (exact) mass is 490 g/mol. The summed E-state index contributed by atoms with van der Waals surface area (Å²) in [5.74, 6) is -1.21. The number of anilines is 1. The molecule has 32 heavy (non-hydrogen) atoms. The molecule has 6 nitrogen and oxygen atoms in total. The molecule has 1 saturated heterocycles. The zero-order chi connectivity index (χ0) is 23.5. The Morgan fingerprint density at radius 2 is 1.69 bits per heavy atom. The van der Waals surface area contributed by atoms with Crippen molar-refractivity contribution in [3.8, 4) is 0 Å². The molecule has 0 saturated carbocycles. The Hall–Kier alpha value is -2.30. The van der Waals surface area contributed by atoms with Crippen molar-refractivity contribution in [2.45, 2.75) is 30.3 Å². The van der Waals surface area contributed by atoms with Gasteiger partial charge >= 0.3 is 12.1 Å². The number of rotatable bonds is 7. The molecular formula is C21H22ClF3N2O4S. The molecule has 0 aromatic heterocycles. The molecule has 2 aromatic carbocycles. The minimum absolute atomic E-state index is 0.0197. The van der Waals surface area contributed by atoms with Gasteiger partial charge in [0.05, 0.1) is 26.7 Å². The van der Waals surface area contributed by atoms with Crippen molar-refractivity contribution in [1.29, 1.82) is 0 Å². The number of carboxylic acid groups (broad SMARTS) is 1. The van der Waals surface area contributed by atoms with Crippen molar-refractivity contribution in [2.24, 2.45) is 0 Å². The van der Waals surface area contributed by atoms with Gasteiger partial charge in [0.15, 0.2) is 0 Å². The standard InChI is InChI=1S/C21H22ClF3N2O4S/c22-18-14-16(21(23,24)25)6-9-19(18)27(13-12-26-10-2-1-3-11-26)32(30,31)17-7-4-15(5-8-17)20(28)29/h4-9,14H,1-3,10-13H2,(H,28,29). The second-order valence-corrected chi connectivity index (χ2v) is 9.74. The molecule has 1 heterocycles. The number of halogens is 4. The largest absolute Gasteiger partial charge is 0.478 e. The Balaban J connectivity index is 1.98. The Kier molecular flexibility index (Phi) is 7.36. The lowest BCUT2D eigenvalue weighted by atomic mass is 10.1. The number of alkyl halides is 3. The average molecular weight is 491 g/mol. The van der Waals surface area contributed by atoms with Gasteiger partial charge in [-0.25, -0.2) is 13.2 Å². The summed E-state index contributed by atoms with van der Waals surface area (Å²) < 4.78 is 66.9. The number of likely N-dealkylation sites (tertiary alicyclic amines) is 1. The van der Waals surface area contributed by atoms with Gasteiger partial charge in [0, 0.05) is 13.1 Å². The third-order valence-electron chi connectivity index (χ3n) is 5.30. The highest BCUT2D eigenvalue weighted by Gasteiger charge is 2.33. The molecule has 2 aromatic rings. The number of aromatic carboxylic acids is 1. The molecule has 1 fully saturated rings. The molecule has 1 aliphatic rings. The molecule has 0 amide bonds. The number of hydrogen-bond donors (Lipinski definition) is 1. The van der Waals surface area contributed by atoms with E-state index in [1.165, 1.54) is 0 Å². The third kappa shape index (κ3) is 5.54. The van der Waals surface area contributed by atoms with E-state index in [0.29, 0.717) is 12.6 Å². The second-order valence-electron chi connectivity index (χ2n) is 7.47. The maximum Gasteiger partial charge on any atom is 0.416 e. The molecule has 0 spiro atoms. The maximum atomic E-state index is 13.4. The summed E-state index contributed by atoms with van der Waals surface area (Å²) in [7, 11) is -4.22. The number of carboxylic acids is 1. The van der Waals surface area contributed by atoms with Gasteiger partial charge in [-0.3, -0.25) is 4.31 Å². The van der Waals surface area contributed by atoms with E-state index >= 15 is 0 Å². The predicted molar refractivity (Wildman–Crippen MR) is 115 cm³/mol. The van der Waals surface area contributed by atoms with Crippen LogP contribution in [0, 0.1) is 0 Å². The van der Waals surface area contributed by atoms with E-state index in [2.05, 4.69) is 4.90 Å². The van der Waals surface area contributed by atoms with Gasteiger partial charge in [0.1, 0.15) is 0 Å². The van der Waals surface area contributed by atoms with E-state index in [1.54, 1.807) is 0 Å². The van der Waals surface area contributed by atoms with Crippen LogP contribution in [0.1, 0.15) is 35.2 Å². The van der Waals surface area contributed by atoms with Crippen molar-refractivity contribution in [3.05, 3.63) is 58.6 Å². The lowest BCUT2D eigenvalue weighted by Crippen LogP contribution is -2.40. The molecule has 1 aliphatic heterocycles. The molecule has 0 unspecified atom stereocenters. The third-order valence-corrected chi connectivity index (χ3v) is 7.43. The summed E-state index contributed by atoms with van der Waals surface area (Å²) in [5, 5.41) is 8.70. The normalized spacial score (nSPS) is 15.5. The predicted octanol–water partition coefficient (Wildman–Crippen LogP) is 4.74.